The van der Waals surface area contributed by atoms with Gasteiger partial charge in [0.15, 0.2) is 0 Å². The molecule has 0 heterocycles. The second-order valence-electron chi connectivity index (χ2n) is 3.63. The lowest BCUT2D eigenvalue weighted by Gasteiger charge is -2.14. The van der Waals surface area contributed by atoms with Crippen molar-refractivity contribution in [2.75, 3.05) is 26.3 Å². The van der Waals surface area contributed by atoms with E-state index in [0.717, 1.165) is 6.42 Å². The van der Waals surface area contributed by atoms with Crippen molar-refractivity contribution in [3.05, 3.63) is 0 Å². The van der Waals surface area contributed by atoms with Gasteiger partial charge in [0.2, 0.25) is 5.91 Å². The summed E-state index contributed by atoms with van der Waals surface area (Å²) in [6.45, 7) is 3.04. The molecule has 0 saturated carbocycles. The van der Waals surface area contributed by atoms with Gasteiger partial charge in [0.05, 0.1) is 12.6 Å². The van der Waals surface area contributed by atoms with Crippen LogP contribution >= 0.6 is 0 Å². The van der Waals surface area contributed by atoms with Crippen LogP contribution in [-0.4, -0.2) is 44.4 Å². The molecule has 0 fully saturated rings. The molecule has 0 bridgehead atoms. The van der Waals surface area contributed by atoms with E-state index in [-0.39, 0.29) is 19.1 Å². The minimum absolute atomic E-state index is 0.0785. The lowest BCUT2D eigenvalue weighted by atomic mass is 10.3. The van der Waals surface area contributed by atoms with Crippen molar-refractivity contribution in [2.24, 2.45) is 0 Å². The van der Waals surface area contributed by atoms with Gasteiger partial charge in [-0.1, -0.05) is 6.92 Å². The third kappa shape index (κ3) is 10.1. The number of ether oxygens (including phenoxy) is 1. The Labute approximate surface area is 98.9 Å². The molecule has 1 amide bonds. The Kier molecular flexibility index (Phi) is 7.90. The van der Waals surface area contributed by atoms with E-state index >= 15 is 0 Å². The molecule has 7 heteroatoms. The molecule has 17 heavy (non-hydrogen) atoms. The van der Waals surface area contributed by atoms with Crippen molar-refractivity contribution in [2.45, 2.75) is 32.5 Å². The zero-order chi connectivity index (χ0) is 13.3. The van der Waals surface area contributed by atoms with E-state index in [1.165, 1.54) is 0 Å². The highest BCUT2D eigenvalue weighted by atomic mass is 19.4. The first-order valence-electron chi connectivity index (χ1n) is 5.52. The van der Waals surface area contributed by atoms with Crippen LogP contribution in [0.15, 0.2) is 0 Å². The van der Waals surface area contributed by atoms with Crippen molar-refractivity contribution >= 4 is 5.91 Å². The van der Waals surface area contributed by atoms with E-state index in [9.17, 15) is 18.0 Å². The van der Waals surface area contributed by atoms with Crippen LogP contribution in [0.4, 0.5) is 13.2 Å². The first-order chi connectivity index (χ1) is 7.87. The maximum absolute atomic E-state index is 11.7. The zero-order valence-corrected chi connectivity index (χ0v) is 10.1. The predicted molar refractivity (Wildman–Crippen MR) is 57.6 cm³/mol. The molecular formula is C10H19F3N2O2. The maximum atomic E-state index is 11.7. The van der Waals surface area contributed by atoms with E-state index in [0.29, 0.717) is 6.54 Å². The van der Waals surface area contributed by atoms with Crippen molar-refractivity contribution < 1.29 is 22.7 Å². The summed E-state index contributed by atoms with van der Waals surface area (Å²) < 4.78 is 39.5. The number of hydrogen-bond acceptors (Lipinski definition) is 3. The van der Waals surface area contributed by atoms with Crippen LogP contribution in [0.3, 0.4) is 0 Å². The Bertz CT molecular complexity index is 222. The smallest absolute Gasteiger partial charge is 0.371 e. The SMILES string of the molecule is CCCNC(=O)C(C)NCCOCC(F)(F)F. The fourth-order valence-electron chi connectivity index (χ4n) is 1.03. The Balaban J connectivity index is 3.51. The van der Waals surface area contributed by atoms with Gasteiger partial charge in [0.25, 0.3) is 0 Å². The summed E-state index contributed by atoms with van der Waals surface area (Å²) in [4.78, 5) is 11.3. The van der Waals surface area contributed by atoms with E-state index in [1.54, 1.807) is 6.92 Å². The number of nitrogens with one attached hydrogen (secondary N) is 2. The highest BCUT2D eigenvalue weighted by Gasteiger charge is 2.27. The number of rotatable bonds is 8. The number of hydrogen-bond donors (Lipinski definition) is 2. The van der Waals surface area contributed by atoms with Crippen molar-refractivity contribution in [1.29, 1.82) is 0 Å². The van der Waals surface area contributed by atoms with Crippen molar-refractivity contribution in [1.82, 2.24) is 10.6 Å². The molecule has 0 rings (SSSR count). The molecule has 0 radical (unpaired) electrons. The second-order valence-corrected chi connectivity index (χ2v) is 3.63. The summed E-state index contributed by atoms with van der Waals surface area (Å²) in [7, 11) is 0. The van der Waals surface area contributed by atoms with Crippen LogP contribution in [-0.2, 0) is 9.53 Å². The highest BCUT2D eigenvalue weighted by Crippen LogP contribution is 2.13. The minimum atomic E-state index is -4.30. The van der Waals surface area contributed by atoms with Crippen LogP contribution in [0.5, 0.6) is 0 Å². The van der Waals surface area contributed by atoms with Crippen LogP contribution < -0.4 is 10.6 Å². The van der Waals surface area contributed by atoms with Crippen LogP contribution in [0.2, 0.25) is 0 Å². The van der Waals surface area contributed by atoms with Crippen molar-refractivity contribution in [3.63, 3.8) is 0 Å². The van der Waals surface area contributed by atoms with E-state index in [2.05, 4.69) is 15.4 Å². The van der Waals surface area contributed by atoms with E-state index in [1.807, 2.05) is 6.92 Å². The molecule has 2 N–H and O–H groups in total. The average molecular weight is 256 g/mol. The van der Waals surface area contributed by atoms with Gasteiger partial charge in [-0.05, 0) is 13.3 Å². The van der Waals surface area contributed by atoms with Gasteiger partial charge in [-0.25, -0.2) is 0 Å². The number of carbonyl (C=O) groups excluding carboxylic acids is 1. The number of halogens is 3. The summed E-state index contributed by atoms with van der Waals surface area (Å²) in [5.41, 5.74) is 0. The third-order valence-corrected chi connectivity index (χ3v) is 1.91. The lowest BCUT2D eigenvalue weighted by Crippen LogP contribution is -2.43. The summed E-state index contributed by atoms with van der Waals surface area (Å²) in [6, 6.07) is -0.434. The summed E-state index contributed by atoms with van der Waals surface area (Å²) >= 11 is 0. The molecule has 0 aliphatic carbocycles. The van der Waals surface area contributed by atoms with Gasteiger partial charge in [-0.15, -0.1) is 0 Å². The molecule has 4 nitrogen and oxygen atoms in total. The Morgan fingerprint density at radius 3 is 2.53 bits per heavy atom. The molecule has 1 atom stereocenters. The summed E-state index contributed by atoms with van der Waals surface area (Å²) in [5, 5.41) is 5.45. The quantitative estimate of drug-likeness (QED) is 0.639. The van der Waals surface area contributed by atoms with Crippen LogP contribution in [0.25, 0.3) is 0 Å². The number of amides is 1. The molecule has 0 saturated heterocycles. The highest BCUT2D eigenvalue weighted by molar-refractivity contribution is 5.81. The first kappa shape index (κ1) is 16.2. The molecule has 0 aliphatic rings. The Hall–Kier alpha value is -0.820. The monoisotopic (exact) mass is 256 g/mol. The Morgan fingerprint density at radius 1 is 1.35 bits per heavy atom. The van der Waals surface area contributed by atoms with Gasteiger partial charge < -0.3 is 15.4 Å². The fourth-order valence-corrected chi connectivity index (χ4v) is 1.03. The van der Waals surface area contributed by atoms with Gasteiger partial charge in [-0.2, -0.15) is 13.2 Å². The molecule has 0 aliphatic heterocycles. The predicted octanol–water partition coefficient (Wildman–Crippen LogP) is 1.07. The van der Waals surface area contributed by atoms with E-state index in [4.69, 9.17) is 0 Å². The van der Waals surface area contributed by atoms with Crippen molar-refractivity contribution in [3.8, 4) is 0 Å². The van der Waals surface area contributed by atoms with Gasteiger partial charge in [0.1, 0.15) is 6.61 Å². The van der Waals surface area contributed by atoms with Gasteiger partial charge >= 0.3 is 6.18 Å². The minimum Gasteiger partial charge on any atom is -0.371 e. The van der Waals surface area contributed by atoms with Gasteiger partial charge in [-0.3, -0.25) is 4.79 Å². The average Bonchev–Trinajstić information content (AvgIpc) is 2.23. The molecule has 102 valence electrons. The molecule has 0 aromatic heterocycles. The van der Waals surface area contributed by atoms with Crippen LogP contribution in [0, 0.1) is 0 Å². The fraction of sp³-hybridized carbons (Fsp3) is 0.900. The normalized spacial score (nSPS) is 13.5. The Morgan fingerprint density at radius 2 is 2.00 bits per heavy atom. The molecular weight excluding hydrogens is 237 g/mol. The molecule has 1 unspecified atom stereocenters. The standard InChI is InChI=1S/C10H19F3N2O2/c1-3-4-15-9(16)8(2)14-5-6-17-7-10(11,12)13/h8,14H,3-7H2,1-2H3,(H,15,16). The summed E-state index contributed by atoms with van der Waals surface area (Å²) in [6.07, 6.45) is -3.46. The molecule has 0 aromatic carbocycles. The largest absolute Gasteiger partial charge is 0.411 e. The van der Waals surface area contributed by atoms with Crippen LogP contribution in [0.1, 0.15) is 20.3 Å². The molecule has 0 aromatic rings. The van der Waals surface area contributed by atoms with Gasteiger partial charge in [0, 0.05) is 13.1 Å². The lowest BCUT2D eigenvalue weighted by molar-refractivity contribution is -0.173. The zero-order valence-electron chi connectivity index (χ0n) is 10.1. The number of carbonyl (C=O) groups is 1. The molecule has 0 spiro atoms. The maximum Gasteiger partial charge on any atom is 0.411 e. The third-order valence-electron chi connectivity index (χ3n) is 1.91. The topological polar surface area (TPSA) is 50.4 Å². The summed E-state index contributed by atoms with van der Waals surface area (Å²) in [5.74, 6) is -0.164. The van der Waals surface area contributed by atoms with E-state index < -0.39 is 18.8 Å². The second kappa shape index (κ2) is 8.30. The first-order valence-corrected chi connectivity index (χ1v) is 5.52. The number of alkyl halides is 3.